The molecule has 0 aromatic heterocycles. The van der Waals surface area contributed by atoms with Crippen LogP contribution >= 0.6 is 0 Å². The number of unbranched alkanes of at least 4 members (excludes halogenated alkanes) is 1. The number of aliphatic hydroxyl groups is 6. The summed E-state index contributed by atoms with van der Waals surface area (Å²) in [5.41, 5.74) is 9.05. The highest BCUT2D eigenvalue weighted by molar-refractivity contribution is 5.48. The van der Waals surface area contributed by atoms with E-state index in [4.69, 9.17) is 124 Å². The minimum Gasteiger partial charge on any atom is -0.493 e. The van der Waals surface area contributed by atoms with Crippen LogP contribution in [0.1, 0.15) is 221 Å². The molecule has 0 fully saturated rings. The summed E-state index contributed by atoms with van der Waals surface area (Å²) in [6.45, 7) is 12.7. The van der Waals surface area contributed by atoms with Crippen LogP contribution in [0.4, 0.5) is 0 Å². The van der Waals surface area contributed by atoms with Crippen LogP contribution in [-0.4, -0.2) is 192 Å². The average molecular weight is 2090 g/mol. The summed E-state index contributed by atoms with van der Waals surface area (Å²) in [6.07, 6.45) is -4.51. The molecule has 0 spiro atoms. The Labute approximate surface area is 932 Å². The Morgan fingerprint density at radius 2 is 0.360 bits per heavy atom. The zero-order valence-electron chi connectivity index (χ0n) is 116. The molecule has 6 unspecified atom stereocenters. The summed E-state index contributed by atoms with van der Waals surface area (Å²) < 4.78 is 307. The summed E-state index contributed by atoms with van der Waals surface area (Å²) in [5.74, 6) is 5.71. The first-order valence-electron chi connectivity index (χ1n) is 63.8. The molecular formula is C126H168O24. The van der Waals surface area contributed by atoms with E-state index in [-0.39, 0.29) is 116 Å². The number of methoxy groups -OCH3 is 12. The second kappa shape index (κ2) is 72.3. The van der Waals surface area contributed by atoms with Crippen molar-refractivity contribution in [3.8, 4) is 103 Å². The van der Waals surface area contributed by atoms with Crippen LogP contribution in [0.15, 0.2) is 255 Å². The average Bonchev–Trinajstić information content (AvgIpc) is 0.791. The largest absolute Gasteiger partial charge is 0.493 e. The van der Waals surface area contributed by atoms with Gasteiger partial charge in [0.15, 0.2) is 69.0 Å². The molecule has 0 aliphatic rings. The maximum absolute atomic E-state index is 10.2. The fourth-order valence-corrected chi connectivity index (χ4v) is 14.7. The lowest BCUT2D eigenvalue weighted by atomic mass is 10.0. The van der Waals surface area contributed by atoms with E-state index in [2.05, 4.69) is 0 Å². The molecule has 6 N–H and O–H groups in total. The van der Waals surface area contributed by atoms with Crippen LogP contribution < -0.4 is 85.3 Å². The molecule has 0 aliphatic heterocycles. The fourth-order valence-electron chi connectivity index (χ4n) is 14.7. The third-order valence-corrected chi connectivity index (χ3v) is 22.8. The number of hydrogen-bond donors (Lipinski definition) is 6. The maximum Gasteiger partial charge on any atom is 0.160 e. The van der Waals surface area contributed by atoms with Crippen molar-refractivity contribution in [2.45, 2.75) is 232 Å². The Balaban J connectivity index is 0.000000286. The van der Waals surface area contributed by atoms with Gasteiger partial charge in [-0.15, -0.1) is 0 Å². The van der Waals surface area contributed by atoms with Crippen molar-refractivity contribution in [2.24, 2.45) is 0 Å². The van der Waals surface area contributed by atoms with Gasteiger partial charge in [0.1, 0.15) is 74.1 Å². The molecule has 0 saturated heterocycles. The highest BCUT2D eigenvalue weighted by atomic mass is 16.5. The van der Waals surface area contributed by atoms with Gasteiger partial charge in [0.05, 0.1) is 146 Å². The number of aryl methyl sites for hydroxylation is 12. The lowest BCUT2D eigenvalue weighted by molar-refractivity contribution is 0.0976. The van der Waals surface area contributed by atoms with Crippen molar-refractivity contribution in [3.05, 3.63) is 322 Å². The maximum atomic E-state index is 10.2. The summed E-state index contributed by atoms with van der Waals surface area (Å²) >= 11 is 0. The normalized spacial score (nSPS) is 15.6. The molecule has 12 aromatic carbocycles. The van der Waals surface area contributed by atoms with Gasteiger partial charge in [0.25, 0.3) is 0 Å². The van der Waals surface area contributed by atoms with Gasteiger partial charge in [-0.05, 0) is 369 Å². The van der Waals surface area contributed by atoms with Gasteiger partial charge in [0.2, 0.25) is 0 Å². The molecule has 6 atom stereocenters. The van der Waals surface area contributed by atoms with Crippen molar-refractivity contribution >= 4 is 0 Å². The van der Waals surface area contributed by atoms with E-state index in [1.807, 2.05) is 181 Å². The molecule has 12 aromatic rings. The van der Waals surface area contributed by atoms with E-state index in [1.165, 1.54) is 83.0 Å². The standard InChI is InChI=1S/6C21H28O4/c6*1-16-7-6-10-19(13-16)25-15-18(22)9-5-4-8-17-11-12-20(23-2)21(14-17)24-3/h6*6-7,10-14,18,22H,4-5,8-9,15H2,1-3H3/i2D3,3D3,8D2;3D3,8D2;2D3,8D2;2D3,3D3;2*8D2. The van der Waals surface area contributed by atoms with Crippen LogP contribution in [-0.2, 0) is 38.3 Å². The molecule has 24 nitrogen and oxygen atoms in total. The van der Waals surface area contributed by atoms with Crippen LogP contribution in [0, 0.1) is 41.5 Å². The molecule has 12 rings (SSSR count). The smallest absolute Gasteiger partial charge is 0.160 e. The van der Waals surface area contributed by atoms with E-state index < -0.39 is 111 Å². The minimum atomic E-state index is -2.88. The van der Waals surface area contributed by atoms with Crippen molar-refractivity contribution in [1.29, 1.82) is 0 Å². The zero-order chi connectivity index (χ0) is 132. The van der Waals surface area contributed by atoms with Gasteiger partial charge in [-0.25, -0.2) is 0 Å². The molecule has 24 heteroatoms. The van der Waals surface area contributed by atoms with E-state index >= 15 is 0 Å². The van der Waals surface area contributed by atoms with Crippen LogP contribution in [0.2, 0.25) is 0 Å². The Hall–Kier alpha value is -13.2. The van der Waals surface area contributed by atoms with Gasteiger partial charge >= 0.3 is 0 Å². The Bertz CT molecular complexity index is 6840. The Morgan fingerprint density at radius 3 is 0.547 bits per heavy atom. The number of aliphatic hydroxyl groups excluding tert-OH is 6. The van der Waals surface area contributed by atoms with Crippen LogP contribution in [0.25, 0.3) is 0 Å². The molecule has 0 saturated carbocycles. The van der Waals surface area contributed by atoms with Gasteiger partial charge in [-0.3, -0.25) is 0 Å². The fraction of sp³-hybridized carbons (Fsp3) is 0.429. The molecule has 0 bridgehead atoms. The first kappa shape index (κ1) is 86.5. The molecule has 150 heavy (non-hydrogen) atoms. The minimum absolute atomic E-state index is 0.0285. The highest BCUT2D eigenvalue weighted by Crippen LogP contribution is 2.36. The number of benzene rings is 12. The molecule has 0 heterocycles. The molecule has 0 aliphatic carbocycles. The number of ether oxygens (including phenoxy) is 18. The Kier molecular flexibility index (Phi) is 41.7. The first-order chi connectivity index (χ1) is 83.3. The van der Waals surface area contributed by atoms with E-state index in [9.17, 15) is 30.6 Å². The van der Waals surface area contributed by atoms with Crippen molar-refractivity contribution < 1.29 is 154 Å². The highest BCUT2D eigenvalue weighted by Gasteiger charge is 2.18. The number of rotatable bonds is 60. The van der Waals surface area contributed by atoms with Crippen molar-refractivity contribution in [1.82, 2.24) is 0 Å². The van der Waals surface area contributed by atoms with Gasteiger partial charge in [0, 0.05) is 13.7 Å². The lowest BCUT2D eigenvalue weighted by Crippen LogP contribution is -2.17. The molecule has 0 amide bonds. The first-order valence-corrected chi connectivity index (χ1v) is 49.8. The predicted molar refractivity (Wildman–Crippen MR) is 599 cm³/mol. The zero-order valence-corrected chi connectivity index (χ0v) is 87.9. The molecule has 0 radical (unpaired) electrons. The van der Waals surface area contributed by atoms with Gasteiger partial charge in [-0.2, -0.15) is 0 Å². The third kappa shape index (κ3) is 49.5. The monoisotopic (exact) mass is 2090 g/mol. The quantitative estimate of drug-likeness (QED) is 0.0193. The summed E-state index contributed by atoms with van der Waals surface area (Å²) in [4.78, 5) is 0. The van der Waals surface area contributed by atoms with E-state index in [0.29, 0.717) is 147 Å². The second-order valence-electron chi connectivity index (χ2n) is 35.2. The number of hydrogen-bond acceptors (Lipinski definition) is 24. The topological polar surface area (TPSA) is 288 Å². The van der Waals surface area contributed by atoms with Crippen molar-refractivity contribution in [2.75, 3.05) is 125 Å². The SMILES string of the molecule is [2H]C([2H])(CCCC(O)COc1cccc(C)c1)c1ccc(OC)c(OC)c1.[2H]C([2H])(CCCC(O)COc1cccc(C)c1)c1ccc(OC)c(OC)c1.[2H]C([2H])([2H])Oc1cc(C([2H])([2H])CCCC(O)COc2cccc(C)c2)ccc1OC.[2H]C([2H])([2H])Oc1ccc(C([2H])([2H])CCCC(O)COc2cccc(C)c2)cc1OC.[2H]C([2H])([2H])Oc1ccc(C([2H])([2H])CCCC(O)COc2cccc(C)c2)cc1OC([2H])([2H])[2H].[2H]C([2H])([2H])Oc1ccc(CCCCC(O)COc2cccc(C)c2)cc1OC([2H])([2H])[2H]. The summed E-state index contributed by atoms with van der Waals surface area (Å²) in [7, 11) is -7.53. The van der Waals surface area contributed by atoms with Gasteiger partial charge in [-0.1, -0.05) is 148 Å². The molecule has 816 valence electrons. The van der Waals surface area contributed by atoms with E-state index in [0.717, 1.165) is 75.1 Å². The lowest BCUT2D eigenvalue weighted by Gasteiger charge is -2.13. The summed E-state index contributed by atoms with van der Waals surface area (Å²) in [5, 5.41) is 60.8. The van der Waals surface area contributed by atoms with Crippen molar-refractivity contribution in [3.63, 3.8) is 0 Å². The predicted octanol–water partition coefficient (Wildman–Crippen LogP) is 25.0. The van der Waals surface area contributed by atoms with Crippen LogP contribution in [0.3, 0.4) is 0 Å². The van der Waals surface area contributed by atoms with Crippen LogP contribution in [0.5, 0.6) is 103 Å². The molecular weight excluding hydrogens is 1900 g/mol. The van der Waals surface area contributed by atoms with Gasteiger partial charge < -0.3 is 116 Å². The summed E-state index contributed by atoms with van der Waals surface area (Å²) in [6, 6.07) is 72.5. The second-order valence-corrected chi connectivity index (χ2v) is 35.2. The van der Waals surface area contributed by atoms with E-state index in [1.54, 1.807) is 68.8 Å². The Morgan fingerprint density at radius 1 is 0.193 bits per heavy atom. The third-order valence-electron chi connectivity index (χ3n) is 22.8.